The van der Waals surface area contributed by atoms with Crippen LogP contribution in [0.5, 0.6) is 0 Å². The monoisotopic (exact) mass is 333 g/mol. The molecule has 4 heteroatoms. The molecular formula is C21H23N3O. The molecule has 0 bridgehead atoms. The fourth-order valence-electron chi connectivity index (χ4n) is 3.36. The van der Waals surface area contributed by atoms with Gasteiger partial charge in [-0.3, -0.25) is 4.79 Å². The van der Waals surface area contributed by atoms with Crippen molar-refractivity contribution < 1.29 is 4.79 Å². The zero-order chi connectivity index (χ0) is 17.4. The minimum absolute atomic E-state index is 0.0403. The molecule has 1 amide bonds. The van der Waals surface area contributed by atoms with Crippen molar-refractivity contribution in [2.24, 2.45) is 5.92 Å². The van der Waals surface area contributed by atoms with E-state index in [4.69, 9.17) is 0 Å². The van der Waals surface area contributed by atoms with Crippen LogP contribution in [0.3, 0.4) is 0 Å². The van der Waals surface area contributed by atoms with Crippen molar-refractivity contribution in [1.82, 2.24) is 14.7 Å². The van der Waals surface area contributed by atoms with Gasteiger partial charge >= 0.3 is 0 Å². The van der Waals surface area contributed by atoms with Gasteiger partial charge in [-0.2, -0.15) is 0 Å². The maximum atomic E-state index is 12.6. The molecule has 1 N–H and O–H groups in total. The van der Waals surface area contributed by atoms with Crippen LogP contribution in [-0.4, -0.2) is 15.3 Å². The van der Waals surface area contributed by atoms with E-state index in [0.717, 1.165) is 16.9 Å². The van der Waals surface area contributed by atoms with Crippen LogP contribution in [0.25, 0.3) is 5.65 Å². The quantitative estimate of drug-likeness (QED) is 0.773. The number of imidazole rings is 1. The van der Waals surface area contributed by atoms with Crippen molar-refractivity contribution in [2.45, 2.75) is 39.2 Å². The average molecular weight is 333 g/mol. The van der Waals surface area contributed by atoms with Gasteiger partial charge in [-0.1, -0.05) is 35.9 Å². The fourth-order valence-corrected chi connectivity index (χ4v) is 3.36. The van der Waals surface area contributed by atoms with Crippen LogP contribution in [0.15, 0.2) is 48.8 Å². The summed E-state index contributed by atoms with van der Waals surface area (Å²) >= 11 is 0. The third-order valence-corrected chi connectivity index (χ3v) is 4.92. The Hall–Kier alpha value is -2.62. The first-order chi connectivity index (χ1) is 12.1. The van der Waals surface area contributed by atoms with Gasteiger partial charge in [0.05, 0.1) is 18.2 Å². The molecule has 1 saturated carbocycles. The highest BCUT2D eigenvalue weighted by molar-refractivity contribution is 5.79. The van der Waals surface area contributed by atoms with Gasteiger partial charge in [-0.05, 0) is 49.8 Å². The summed E-state index contributed by atoms with van der Waals surface area (Å²) < 4.78 is 1.98. The lowest BCUT2D eigenvalue weighted by atomic mass is 10.0. The van der Waals surface area contributed by atoms with Crippen molar-refractivity contribution >= 4 is 11.6 Å². The number of rotatable bonds is 5. The number of aryl methyl sites for hydroxylation is 2. The number of nitrogens with zero attached hydrogens (tertiary/aromatic N) is 2. The van der Waals surface area contributed by atoms with Gasteiger partial charge in [-0.25, -0.2) is 4.98 Å². The van der Waals surface area contributed by atoms with Crippen molar-refractivity contribution in [2.75, 3.05) is 0 Å². The van der Waals surface area contributed by atoms with Crippen molar-refractivity contribution in [3.05, 3.63) is 71.2 Å². The standard InChI is InChI=1S/C21H23N3O/c1-14-5-7-16(8-6-14)20(17-9-10-17)23-19(25)12-18-13-24-11-3-4-15(2)21(24)22-18/h3-8,11,13,17,20H,9-10,12H2,1-2H3,(H,23,25)/t20-/m1/s1. The molecule has 1 aliphatic carbocycles. The smallest absolute Gasteiger partial charge is 0.226 e. The lowest BCUT2D eigenvalue weighted by Gasteiger charge is -2.19. The number of nitrogens with one attached hydrogen (secondary N) is 1. The zero-order valence-corrected chi connectivity index (χ0v) is 14.7. The summed E-state index contributed by atoms with van der Waals surface area (Å²) in [5.41, 5.74) is 5.29. The molecule has 0 spiro atoms. The first-order valence-corrected chi connectivity index (χ1v) is 8.89. The maximum Gasteiger partial charge on any atom is 0.226 e. The molecule has 3 aromatic rings. The summed E-state index contributed by atoms with van der Waals surface area (Å²) in [6.45, 7) is 4.12. The molecule has 1 aliphatic rings. The summed E-state index contributed by atoms with van der Waals surface area (Å²) in [7, 11) is 0. The van der Waals surface area contributed by atoms with Gasteiger partial charge in [0.1, 0.15) is 5.65 Å². The number of fused-ring (bicyclic) bond motifs is 1. The van der Waals surface area contributed by atoms with Crippen LogP contribution < -0.4 is 5.32 Å². The molecule has 0 saturated heterocycles. The van der Waals surface area contributed by atoms with E-state index in [-0.39, 0.29) is 11.9 Å². The number of carbonyl (C=O) groups is 1. The van der Waals surface area contributed by atoms with Gasteiger partial charge in [0.15, 0.2) is 0 Å². The Kier molecular flexibility index (Phi) is 4.04. The van der Waals surface area contributed by atoms with E-state index in [0.29, 0.717) is 12.3 Å². The average Bonchev–Trinajstić information content (AvgIpc) is 3.34. The first kappa shape index (κ1) is 15.9. The Morgan fingerprint density at radius 3 is 2.68 bits per heavy atom. The van der Waals surface area contributed by atoms with Crippen LogP contribution in [0.1, 0.15) is 41.3 Å². The third-order valence-electron chi connectivity index (χ3n) is 4.92. The second-order valence-electron chi connectivity index (χ2n) is 7.12. The number of hydrogen-bond donors (Lipinski definition) is 1. The Morgan fingerprint density at radius 1 is 1.24 bits per heavy atom. The summed E-state index contributed by atoms with van der Waals surface area (Å²) in [6.07, 6.45) is 6.60. The molecule has 1 fully saturated rings. The number of carbonyl (C=O) groups excluding carboxylic acids is 1. The molecule has 0 radical (unpaired) electrons. The molecule has 1 aromatic carbocycles. The first-order valence-electron chi connectivity index (χ1n) is 8.89. The Morgan fingerprint density at radius 2 is 2.00 bits per heavy atom. The second-order valence-corrected chi connectivity index (χ2v) is 7.12. The van der Waals surface area contributed by atoms with E-state index >= 15 is 0 Å². The number of amides is 1. The molecule has 4 nitrogen and oxygen atoms in total. The van der Waals surface area contributed by atoms with Crippen LogP contribution in [-0.2, 0) is 11.2 Å². The largest absolute Gasteiger partial charge is 0.349 e. The Labute approximate surface area is 147 Å². The summed E-state index contributed by atoms with van der Waals surface area (Å²) in [6, 6.07) is 12.6. The fraction of sp³-hybridized carbons (Fsp3) is 0.333. The van der Waals surface area contributed by atoms with E-state index in [1.54, 1.807) is 0 Å². The molecule has 4 rings (SSSR count). The SMILES string of the molecule is Cc1ccc([C@@H](NC(=O)Cc2cn3cccc(C)c3n2)C2CC2)cc1. The summed E-state index contributed by atoms with van der Waals surface area (Å²) in [4.78, 5) is 17.2. The predicted octanol–water partition coefficient (Wildman–Crippen LogP) is 3.76. The lowest BCUT2D eigenvalue weighted by molar-refractivity contribution is -0.121. The van der Waals surface area contributed by atoms with Gasteiger partial charge in [0.25, 0.3) is 0 Å². The van der Waals surface area contributed by atoms with Gasteiger partial charge < -0.3 is 9.72 Å². The Bertz CT molecular complexity index is 907. The number of hydrogen-bond acceptors (Lipinski definition) is 2. The molecule has 0 aliphatic heterocycles. The van der Waals surface area contributed by atoms with Crippen LogP contribution in [0, 0.1) is 19.8 Å². The van der Waals surface area contributed by atoms with E-state index in [9.17, 15) is 4.79 Å². The van der Waals surface area contributed by atoms with Gasteiger partial charge in [-0.15, -0.1) is 0 Å². The van der Waals surface area contributed by atoms with E-state index in [2.05, 4.69) is 41.5 Å². The second kappa shape index (κ2) is 6.36. The Balaban J connectivity index is 1.49. The van der Waals surface area contributed by atoms with E-state index < -0.39 is 0 Å². The molecule has 2 aromatic heterocycles. The van der Waals surface area contributed by atoms with Crippen LogP contribution in [0.4, 0.5) is 0 Å². The highest BCUT2D eigenvalue weighted by atomic mass is 16.1. The molecule has 0 unspecified atom stereocenters. The van der Waals surface area contributed by atoms with Crippen LogP contribution in [0.2, 0.25) is 0 Å². The lowest BCUT2D eigenvalue weighted by Crippen LogP contribution is -2.31. The number of pyridine rings is 1. The molecule has 128 valence electrons. The molecule has 25 heavy (non-hydrogen) atoms. The molecular weight excluding hydrogens is 310 g/mol. The molecule has 2 heterocycles. The molecule has 1 atom stereocenters. The zero-order valence-electron chi connectivity index (χ0n) is 14.7. The topological polar surface area (TPSA) is 46.4 Å². The highest BCUT2D eigenvalue weighted by Crippen LogP contribution is 2.41. The summed E-state index contributed by atoms with van der Waals surface area (Å²) in [5, 5.41) is 3.23. The summed E-state index contributed by atoms with van der Waals surface area (Å²) in [5.74, 6) is 0.605. The van der Waals surface area contributed by atoms with E-state index in [1.807, 2.05) is 35.9 Å². The third kappa shape index (κ3) is 3.43. The van der Waals surface area contributed by atoms with Gasteiger partial charge in [0, 0.05) is 12.4 Å². The highest BCUT2D eigenvalue weighted by Gasteiger charge is 2.33. The van der Waals surface area contributed by atoms with Crippen molar-refractivity contribution in [3.8, 4) is 0 Å². The minimum Gasteiger partial charge on any atom is -0.349 e. The van der Waals surface area contributed by atoms with E-state index in [1.165, 1.54) is 24.0 Å². The maximum absolute atomic E-state index is 12.6. The number of aromatic nitrogens is 2. The van der Waals surface area contributed by atoms with Crippen LogP contribution >= 0.6 is 0 Å². The van der Waals surface area contributed by atoms with Crippen molar-refractivity contribution in [1.29, 1.82) is 0 Å². The van der Waals surface area contributed by atoms with Crippen molar-refractivity contribution in [3.63, 3.8) is 0 Å². The van der Waals surface area contributed by atoms with Gasteiger partial charge in [0.2, 0.25) is 5.91 Å². The number of benzene rings is 1. The normalized spacial score (nSPS) is 15.3. The minimum atomic E-state index is 0.0403. The predicted molar refractivity (Wildman–Crippen MR) is 98.4 cm³/mol.